The van der Waals surface area contributed by atoms with Gasteiger partial charge in [-0.1, -0.05) is 36.4 Å². The molecule has 0 saturated carbocycles. The Kier molecular flexibility index (Phi) is 11.0. The number of methoxy groups -OCH3 is 2. The van der Waals surface area contributed by atoms with E-state index in [2.05, 4.69) is 10.6 Å². The number of esters is 1. The molecule has 3 N–H and O–H groups in total. The summed E-state index contributed by atoms with van der Waals surface area (Å²) in [5.74, 6) is 0.487. The highest BCUT2D eigenvalue weighted by atomic mass is 16.6. The normalized spacial score (nSPS) is 13.8. The molecule has 2 aromatic carbocycles. The van der Waals surface area contributed by atoms with Gasteiger partial charge in [-0.15, -0.1) is 0 Å². The highest BCUT2D eigenvalue weighted by Crippen LogP contribution is 2.27. The molecule has 9 nitrogen and oxygen atoms in total. The minimum absolute atomic E-state index is 0.142. The predicted octanol–water partition coefficient (Wildman–Crippen LogP) is 3.22. The van der Waals surface area contributed by atoms with Crippen LogP contribution in [0, 0.1) is 0 Å². The molecule has 1 amide bonds. The third-order valence-corrected chi connectivity index (χ3v) is 5.27. The van der Waals surface area contributed by atoms with Crippen LogP contribution >= 0.6 is 0 Å². The average Bonchev–Trinajstić information content (AvgIpc) is 2.83. The number of hydrogen-bond acceptors (Lipinski definition) is 8. The molecule has 0 fully saturated rings. The number of nitrogens with one attached hydrogen (secondary N) is 2. The molecule has 0 saturated heterocycles. The van der Waals surface area contributed by atoms with Crippen molar-refractivity contribution in [1.29, 1.82) is 0 Å². The molecule has 0 aromatic heterocycles. The minimum Gasteiger partial charge on any atom is -0.493 e. The van der Waals surface area contributed by atoms with Crippen LogP contribution in [0.3, 0.4) is 0 Å². The van der Waals surface area contributed by atoms with Gasteiger partial charge in [0, 0.05) is 6.54 Å². The van der Waals surface area contributed by atoms with Crippen molar-refractivity contribution in [3.63, 3.8) is 0 Å². The zero-order valence-corrected chi connectivity index (χ0v) is 21.9. The first-order valence-corrected chi connectivity index (χ1v) is 11.9. The second-order valence-electron chi connectivity index (χ2n) is 9.23. The lowest BCUT2D eigenvalue weighted by molar-refractivity contribution is -0.149. The average molecular weight is 503 g/mol. The van der Waals surface area contributed by atoms with Gasteiger partial charge >= 0.3 is 12.1 Å². The number of carbonyl (C=O) groups is 2. The molecule has 0 spiro atoms. The Morgan fingerprint density at radius 3 is 2.22 bits per heavy atom. The lowest BCUT2D eigenvalue weighted by atomic mass is 9.96. The number of ether oxygens (including phenoxy) is 4. The van der Waals surface area contributed by atoms with Crippen LogP contribution in [0.15, 0.2) is 48.5 Å². The Hall–Kier alpha value is -3.30. The summed E-state index contributed by atoms with van der Waals surface area (Å²) >= 11 is 0. The number of carbonyl (C=O) groups excluding carboxylic acids is 2. The minimum atomic E-state index is -1.32. The quantitative estimate of drug-likeness (QED) is 0.379. The number of aliphatic hydroxyl groups is 1. The highest BCUT2D eigenvalue weighted by molar-refractivity contribution is 5.77. The fraction of sp³-hybridized carbons (Fsp3) is 0.481. The van der Waals surface area contributed by atoms with Gasteiger partial charge < -0.3 is 29.4 Å². The summed E-state index contributed by atoms with van der Waals surface area (Å²) < 4.78 is 21.3. The first kappa shape index (κ1) is 28.9. The largest absolute Gasteiger partial charge is 0.493 e. The van der Waals surface area contributed by atoms with Crippen molar-refractivity contribution in [3.8, 4) is 11.5 Å². The van der Waals surface area contributed by atoms with Crippen LogP contribution in [-0.2, 0) is 27.2 Å². The highest BCUT2D eigenvalue weighted by Gasteiger charge is 2.35. The van der Waals surface area contributed by atoms with Gasteiger partial charge in [-0.2, -0.15) is 0 Å². The summed E-state index contributed by atoms with van der Waals surface area (Å²) in [7, 11) is 3.09. The summed E-state index contributed by atoms with van der Waals surface area (Å²) in [6.45, 7) is 7.31. The molecule has 0 unspecified atom stereocenters. The van der Waals surface area contributed by atoms with Gasteiger partial charge in [-0.05, 0) is 57.4 Å². The van der Waals surface area contributed by atoms with Crippen molar-refractivity contribution in [3.05, 3.63) is 59.7 Å². The molecule has 9 heteroatoms. The molecule has 0 heterocycles. The smallest absolute Gasteiger partial charge is 0.407 e. The lowest BCUT2D eigenvalue weighted by Gasteiger charge is -2.31. The van der Waals surface area contributed by atoms with Gasteiger partial charge in [0.05, 0.1) is 26.9 Å². The van der Waals surface area contributed by atoms with E-state index < -0.39 is 35.9 Å². The van der Waals surface area contributed by atoms with Crippen LogP contribution in [0.1, 0.15) is 38.8 Å². The van der Waals surface area contributed by atoms with E-state index in [9.17, 15) is 14.7 Å². The van der Waals surface area contributed by atoms with Gasteiger partial charge in [0.1, 0.15) is 17.7 Å². The Morgan fingerprint density at radius 1 is 0.972 bits per heavy atom. The molecule has 2 rings (SSSR count). The van der Waals surface area contributed by atoms with Crippen LogP contribution in [-0.4, -0.2) is 61.8 Å². The van der Waals surface area contributed by atoms with Gasteiger partial charge in [0.2, 0.25) is 0 Å². The monoisotopic (exact) mass is 502 g/mol. The van der Waals surface area contributed by atoms with Crippen LogP contribution in [0.2, 0.25) is 0 Å². The fourth-order valence-corrected chi connectivity index (χ4v) is 3.61. The van der Waals surface area contributed by atoms with Crippen molar-refractivity contribution in [2.24, 2.45) is 0 Å². The first-order valence-electron chi connectivity index (χ1n) is 11.9. The van der Waals surface area contributed by atoms with Crippen molar-refractivity contribution < 1.29 is 33.6 Å². The Balaban J connectivity index is 2.28. The van der Waals surface area contributed by atoms with E-state index in [4.69, 9.17) is 18.9 Å². The summed E-state index contributed by atoms with van der Waals surface area (Å²) in [5, 5.41) is 17.2. The van der Waals surface area contributed by atoms with E-state index in [1.54, 1.807) is 46.9 Å². The van der Waals surface area contributed by atoms with Gasteiger partial charge in [0.15, 0.2) is 11.5 Å². The predicted molar refractivity (Wildman–Crippen MR) is 136 cm³/mol. The zero-order chi connectivity index (χ0) is 26.7. The second-order valence-corrected chi connectivity index (χ2v) is 9.23. The lowest BCUT2D eigenvalue weighted by Crippen LogP contribution is -2.57. The molecule has 0 aliphatic heterocycles. The number of hydrogen-bond donors (Lipinski definition) is 3. The van der Waals surface area contributed by atoms with Crippen LogP contribution < -0.4 is 20.1 Å². The molecule has 0 radical (unpaired) electrons. The zero-order valence-electron chi connectivity index (χ0n) is 21.9. The molecule has 198 valence electrons. The van der Waals surface area contributed by atoms with Crippen molar-refractivity contribution in [2.75, 3.05) is 20.8 Å². The van der Waals surface area contributed by atoms with E-state index in [1.165, 1.54) is 7.11 Å². The number of amides is 1. The summed E-state index contributed by atoms with van der Waals surface area (Å²) in [6, 6.07) is 12.8. The molecular formula is C27H38N2O7. The molecule has 0 aliphatic carbocycles. The summed E-state index contributed by atoms with van der Waals surface area (Å²) in [4.78, 5) is 25.5. The topological polar surface area (TPSA) is 115 Å². The standard InChI is InChI=1S/C27H38N2O7/c1-7-35-25(31)23(28-17-19-13-14-21(33-5)22(16-19)34-6)24(30)20(15-18-11-9-8-10-12-18)29-26(32)36-27(2,3)4/h8-14,16,20,23-24,28,30H,7,15,17H2,1-6H3,(H,29,32)/t20-,23+,24+/m0/s1. The Morgan fingerprint density at radius 2 is 1.64 bits per heavy atom. The van der Waals surface area contributed by atoms with Gasteiger partial charge in [-0.25, -0.2) is 4.79 Å². The maximum Gasteiger partial charge on any atom is 0.407 e. The fourth-order valence-electron chi connectivity index (χ4n) is 3.61. The summed E-state index contributed by atoms with van der Waals surface area (Å²) in [5.41, 5.74) is 0.951. The van der Waals surface area contributed by atoms with Crippen molar-refractivity contribution in [1.82, 2.24) is 10.6 Å². The third kappa shape index (κ3) is 9.05. The molecule has 36 heavy (non-hydrogen) atoms. The van der Waals surface area contributed by atoms with Crippen molar-refractivity contribution >= 4 is 12.1 Å². The Labute approximate surface area is 213 Å². The number of alkyl carbamates (subject to hydrolysis) is 1. The maximum atomic E-state index is 12.9. The molecule has 0 aliphatic rings. The van der Waals surface area contributed by atoms with Crippen molar-refractivity contribution in [2.45, 2.75) is 64.4 Å². The maximum absolute atomic E-state index is 12.9. The van der Waals surface area contributed by atoms with Crippen LogP contribution in [0.25, 0.3) is 0 Å². The van der Waals surface area contributed by atoms with Crippen LogP contribution in [0.4, 0.5) is 4.79 Å². The molecular weight excluding hydrogens is 464 g/mol. The Bertz CT molecular complexity index is 976. The number of benzene rings is 2. The van der Waals surface area contributed by atoms with E-state index in [0.29, 0.717) is 11.5 Å². The number of rotatable bonds is 12. The second kappa shape index (κ2) is 13.7. The SMILES string of the molecule is CCOC(=O)[C@H](NCc1ccc(OC)c(OC)c1)[C@H](O)[C@H](Cc1ccccc1)NC(=O)OC(C)(C)C. The first-order chi connectivity index (χ1) is 17.1. The summed E-state index contributed by atoms with van der Waals surface area (Å²) in [6.07, 6.45) is -1.74. The van der Waals surface area contributed by atoms with E-state index in [1.807, 2.05) is 36.4 Å². The van der Waals surface area contributed by atoms with Gasteiger partial charge in [-0.3, -0.25) is 10.1 Å². The van der Waals surface area contributed by atoms with E-state index in [0.717, 1.165) is 11.1 Å². The van der Waals surface area contributed by atoms with E-state index >= 15 is 0 Å². The van der Waals surface area contributed by atoms with Crippen LogP contribution in [0.5, 0.6) is 11.5 Å². The molecule has 2 aromatic rings. The molecule has 3 atom stereocenters. The third-order valence-electron chi connectivity index (χ3n) is 5.27. The van der Waals surface area contributed by atoms with Gasteiger partial charge in [0.25, 0.3) is 0 Å². The van der Waals surface area contributed by atoms with E-state index in [-0.39, 0.29) is 19.6 Å². The molecule has 0 bridgehead atoms. The number of aliphatic hydroxyl groups excluding tert-OH is 1.